The van der Waals surface area contributed by atoms with E-state index >= 15 is 0 Å². The molecule has 15 heavy (non-hydrogen) atoms. The minimum absolute atomic E-state index is 0.0339. The first-order valence-corrected chi connectivity index (χ1v) is 5.36. The van der Waals surface area contributed by atoms with Gasteiger partial charge in [-0.05, 0) is 0 Å². The fourth-order valence-corrected chi connectivity index (χ4v) is 1.95. The Morgan fingerprint density at radius 1 is 1.27 bits per heavy atom. The molecule has 0 fully saturated rings. The van der Waals surface area contributed by atoms with Crippen molar-refractivity contribution in [3.8, 4) is 0 Å². The van der Waals surface area contributed by atoms with Gasteiger partial charge in [0.05, 0.1) is 11.6 Å². The van der Waals surface area contributed by atoms with Crippen molar-refractivity contribution in [2.24, 2.45) is 5.84 Å². The van der Waals surface area contributed by atoms with E-state index in [-0.39, 0.29) is 6.04 Å². The second-order valence-corrected chi connectivity index (χ2v) is 4.03. The molecule has 0 aliphatic carbocycles. The van der Waals surface area contributed by atoms with Crippen LogP contribution in [0.3, 0.4) is 0 Å². The number of nitrogens with one attached hydrogen (secondary N) is 1. The summed E-state index contributed by atoms with van der Waals surface area (Å²) in [5, 5.41) is 0. The van der Waals surface area contributed by atoms with Gasteiger partial charge in [-0.2, -0.15) is 0 Å². The maximum Gasteiger partial charge on any atom is 0.115 e. The third-order valence-electron chi connectivity index (χ3n) is 2.07. The molecule has 0 amide bonds. The number of hydrogen-bond acceptors (Lipinski definition) is 6. The summed E-state index contributed by atoms with van der Waals surface area (Å²) in [6.07, 6.45) is 7.67. The maximum atomic E-state index is 5.50. The minimum Gasteiger partial charge on any atom is -0.271 e. The first kappa shape index (κ1) is 10.2. The largest absolute Gasteiger partial charge is 0.271 e. The van der Waals surface area contributed by atoms with E-state index < -0.39 is 0 Å². The van der Waals surface area contributed by atoms with Crippen LogP contribution in [-0.2, 0) is 6.42 Å². The Bertz CT molecular complexity index is 388. The summed E-state index contributed by atoms with van der Waals surface area (Å²) in [4.78, 5) is 13.1. The number of rotatable bonds is 4. The summed E-state index contributed by atoms with van der Waals surface area (Å²) in [5.41, 5.74) is 5.55. The van der Waals surface area contributed by atoms with E-state index in [2.05, 4.69) is 20.4 Å². The third-order valence-corrected chi connectivity index (χ3v) is 2.87. The van der Waals surface area contributed by atoms with Crippen molar-refractivity contribution in [3.05, 3.63) is 40.9 Å². The molecule has 0 bridgehead atoms. The van der Waals surface area contributed by atoms with Crippen LogP contribution >= 0.6 is 11.3 Å². The van der Waals surface area contributed by atoms with Gasteiger partial charge in [-0.1, -0.05) is 0 Å². The zero-order chi connectivity index (χ0) is 10.5. The fourth-order valence-electron chi connectivity index (χ4n) is 1.31. The number of nitrogens with two attached hydrogens (primary N) is 1. The van der Waals surface area contributed by atoms with Gasteiger partial charge in [-0.3, -0.25) is 16.3 Å². The van der Waals surface area contributed by atoms with Gasteiger partial charge in [0.15, 0.2) is 0 Å². The monoisotopic (exact) mass is 221 g/mol. The van der Waals surface area contributed by atoms with Crippen LogP contribution in [0, 0.1) is 0 Å². The smallest absolute Gasteiger partial charge is 0.115 e. The van der Waals surface area contributed by atoms with E-state index in [1.807, 2.05) is 11.7 Å². The lowest BCUT2D eigenvalue weighted by Gasteiger charge is -2.13. The van der Waals surface area contributed by atoms with Gasteiger partial charge >= 0.3 is 0 Å². The fraction of sp³-hybridized carbons (Fsp3) is 0.222. The summed E-state index contributed by atoms with van der Waals surface area (Å²) >= 11 is 1.61. The van der Waals surface area contributed by atoms with Crippen molar-refractivity contribution >= 4 is 11.3 Å². The summed E-state index contributed by atoms with van der Waals surface area (Å²) in [5.74, 6) is 5.50. The van der Waals surface area contributed by atoms with Crippen LogP contribution in [0.15, 0.2) is 30.4 Å². The lowest BCUT2D eigenvalue weighted by atomic mass is 10.1. The quantitative estimate of drug-likeness (QED) is 0.586. The first-order valence-electron chi connectivity index (χ1n) is 4.48. The first-order chi connectivity index (χ1) is 7.40. The molecular weight excluding hydrogens is 210 g/mol. The standard InChI is InChI=1S/C9H11N5S/c10-14-9(1-8-4-13-6-15-8)7-2-11-5-12-3-7/h2-6,9,14H,1,10H2. The lowest BCUT2D eigenvalue weighted by molar-refractivity contribution is 0.551. The molecule has 0 aliphatic rings. The zero-order valence-corrected chi connectivity index (χ0v) is 8.81. The lowest BCUT2D eigenvalue weighted by Crippen LogP contribution is -2.29. The highest BCUT2D eigenvalue weighted by Crippen LogP contribution is 2.18. The highest BCUT2D eigenvalue weighted by Gasteiger charge is 2.11. The third kappa shape index (κ3) is 2.56. The number of nitrogens with zero attached hydrogens (tertiary/aromatic N) is 3. The van der Waals surface area contributed by atoms with Crippen molar-refractivity contribution in [2.75, 3.05) is 0 Å². The predicted octanol–water partition coefficient (Wildman–Crippen LogP) is 0.680. The average molecular weight is 221 g/mol. The van der Waals surface area contributed by atoms with Crippen LogP contribution in [0.5, 0.6) is 0 Å². The Balaban J connectivity index is 2.12. The highest BCUT2D eigenvalue weighted by molar-refractivity contribution is 7.09. The summed E-state index contributed by atoms with van der Waals surface area (Å²) < 4.78 is 0. The number of aromatic nitrogens is 3. The van der Waals surface area contributed by atoms with E-state index in [9.17, 15) is 0 Å². The van der Waals surface area contributed by atoms with Gasteiger partial charge in [-0.15, -0.1) is 11.3 Å². The molecule has 0 spiro atoms. The Morgan fingerprint density at radius 3 is 2.67 bits per heavy atom. The SMILES string of the molecule is NNC(Cc1cncs1)c1cncnc1. The van der Waals surface area contributed by atoms with Gasteiger partial charge < -0.3 is 0 Å². The van der Waals surface area contributed by atoms with Crippen molar-refractivity contribution in [3.63, 3.8) is 0 Å². The van der Waals surface area contributed by atoms with Gasteiger partial charge in [0.2, 0.25) is 0 Å². The van der Waals surface area contributed by atoms with E-state index in [1.54, 1.807) is 23.7 Å². The van der Waals surface area contributed by atoms with E-state index in [0.717, 1.165) is 12.0 Å². The summed E-state index contributed by atoms with van der Waals surface area (Å²) in [7, 11) is 0. The van der Waals surface area contributed by atoms with Crippen molar-refractivity contribution in [1.29, 1.82) is 0 Å². The van der Waals surface area contributed by atoms with Gasteiger partial charge in [-0.25, -0.2) is 9.97 Å². The van der Waals surface area contributed by atoms with E-state index in [4.69, 9.17) is 5.84 Å². The van der Waals surface area contributed by atoms with Crippen molar-refractivity contribution < 1.29 is 0 Å². The Kier molecular flexibility index (Phi) is 3.33. The van der Waals surface area contributed by atoms with Crippen LogP contribution in [0.1, 0.15) is 16.5 Å². The predicted molar refractivity (Wildman–Crippen MR) is 57.9 cm³/mol. The molecule has 2 aromatic rings. The molecule has 0 aromatic carbocycles. The van der Waals surface area contributed by atoms with Crippen LogP contribution in [0.25, 0.3) is 0 Å². The molecule has 1 unspecified atom stereocenters. The maximum absolute atomic E-state index is 5.50. The molecule has 1 atom stereocenters. The van der Waals surface area contributed by atoms with Crippen LogP contribution < -0.4 is 11.3 Å². The topological polar surface area (TPSA) is 76.7 Å². The second-order valence-electron chi connectivity index (χ2n) is 3.06. The van der Waals surface area contributed by atoms with Crippen LogP contribution in [0.2, 0.25) is 0 Å². The second kappa shape index (κ2) is 4.92. The van der Waals surface area contributed by atoms with Crippen molar-refractivity contribution in [2.45, 2.75) is 12.5 Å². The minimum atomic E-state index is 0.0339. The molecule has 6 heteroatoms. The Hall–Kier alpha value is -1.37. The molecule has 2 heterocycles. The van der Waals surface area contributed by atoms with Gasteiger partial charge in [0.25, 0.3) is 0 Å². The number of hydrazine groups is 1. The number of thiazole rings is 1. The zero-order valence-electron chi connectivity index (χ0n) is 8.00. The Labute approximate surface area is 91.4 Å². The molecule has 2 aromatic heterocycles. The molecule has 0 saturated heterocycles. The summed E-state index contributed by atoms with van der Waals surface area (Å²) in [6.45, 7) is 0. The molecule has 0 saturated carbocycles. The van der Waals surface area contributed by atoms with Gasteiger partial charge in [0, 0.05) is 35.5 Å². The molecule has 2 rings (SSSR count). The van der Waals surface area contributed by atoms with Crippen LogP contribution in [-0.4, -0.2) is 15.0 Å². The van der Waals surface area contributed by atoms with E-state index in [1.165, 1.54) is 11.2 Å². The molecule has 0 radical (unpaired) electrons. The molecule has 5 nitrogen and oxygen atoms in total. The summed E-state index contributed by atoms with van der Waals surface area (Å²) in [6, 6.07) is 0.0339. The molecule has 0 aliphatic heterocycles. The molecule has 78 valence electrons. The van der Waals surface area contributed by atoms with E-state index in [0.29, 0.717) is 0 Å². The highest BCUT2D eigenvalue weighted by atomic mass is 32.1. The van der Waals surface area contributed by atoms with Crippen LogP contribution in [0.4, 0.5) is 0 Å². The normalized spacial score (nSPS) is 12.6. The van der Waals surface area contributed by atoms with Crippen molar-refractivity contribution in [1.82, 2.24) is 20.4 Å². The molecule has 3 N–H and O–H groups in total. The number of hydrogen-bond donors (Lipinski definition) is 2. The Morgan fingerprint density at radius 2 is 2.07 bits per heavy atom. The average Bonchev–Trinajstić information content (AvgIpc) is 2.80. The van der Waals surface area contributed by atoms with Gasteiger partial charge in [0.1, 0.15) is 6.33 Å². The molecular formula is C9H11N5S.